The van der Waals surface area contributed by atoms with Crippen LogP contribution in [0.2, 0.25) is 0 Å². The molecule has 0 aromatic carbocycles. The Balaban J connectivity index is 2.51. The molecule has 0 saturated heterocycles. The van der Waals surface area contributed by atoms with E-state index in [-0.39, 0.29) is 6.04 Å². The molecule has 0 spiro atoms. The van der Waals surface area contributed by atoms with Crippen molar-refractivity contribution in [1.82, 2.24) is 4.98 Å². The average molecular weight is 246 g/mol. The Kier molecular flexibility index (Phi) is 4.89. The van der Waals surface area contributed by atoms with E-state index in [9.17, 15) is 4.21 Å². The zero-order valence-electron chi connectivity index (χ0n) is 9.45. The topological polar surface area (TPSA) is 56.0 Å². The van der Waals surface area contributed by atoms with E-state index in [4.69, 9.17) is 5.73 Å². The fourth-order valence-corrected chi connectivity index (χ4v) is 3.68. The molecule has 0 aliphatic rings. The molecule has 0 fully saturated rings. The predicted molar refractivity (Wildman–Crippen MR) is 66.6 cm³/mol. The van der Waals surface area contributed by atoms with Gasteiger partial charge in [-0.3, -0.25) is 4.21 Å². The van der Waals surface area contributed by atoms with Gasteiger partial charge in [0.25, 0.3) is 0 Å². The maximum absolute atomic E-state index is 11.7. The summed E-state index contributed by atoms with van der Waals surface area (Å²) >= 11 is 1.63. The summed E-state index contributed by atoms with van der Waals surface area (Å²) in [6.45, 7) is 6.03. The van der Waals surface area contributed by atoms with Crippen molar-refractivity contribution in [3.8, 4) is 0 Å². The first-order chi connectivity index (χ1) is 7.02. The molecular weight excluding hydrogens is 228 g/mol. The molecule has 15 heavy (non-hydrogen) atoms. The molecule has 2 unspecified atom stereocenters. The number of aryl methyl sites for hydroxylation is 2. The van der Waals surface area contributed by atoms with Crippen LogP contribution in [0, 0.1) is 13.8 Å². The highest BCUT2D eigenvalue weighted by Crippen LogP contribution is 2.17. The van der Waals surface area contributed by atoms with Crippen molar-refractivity contribution in [3.63, 3.8) is 0 Å². The zero-order chi connectivity index (χ0) is 11.4. The van der Waals surface area contributed by atoms with E-state index in [0.29, 0.717) is 11.5 Å². The number of aromatic nitrogens is 1. The second kappa shape index (κ2) is 5.72. The first-order valence-corrected chi connectivity index (χ1v) is 7.36. The molecule has 86 valence electrons. The van der Waals surface area contributed by atoms with Crippen molar-refractivity contribution < 1.29 is 4.21 Å². The molecule has 2 atom stereocenters. The van der Waals surface area contributed by atoms with Gasteiger partial charge in [-0.25, -0.2) is 4.98 Å². The Labute approximate surface area is 97.6 Å². The molecule has 5 heteroatoms. The van der Waals surface area contributed by atoms with E-state index < -0.39 is 10.8 Å². The highest BCUT2D eigenvalue weighted by Gasteiger charge is 2.10. The van der Waals surface area contributed by atoms with E-state index in [1.807, 2.05) is 20.8 Å². The quantitative estimate of drug-likeness (QED) is 0.861. The third-order valence-electron chi connectivity index (χ3n) is 2.28. The third-order valence-corrected chi connectivity index (χ3v) is 4.93. The fraction of sp³-hybridized carbons (Fsp3) is 0.700. The van der Waals surface area contributed by atoms with Crippen LogP contribution in [0.3, 0.4) is 0 Å². The summed E-state index contributed by atoms with van der Waals surface area (Å²) in [6, 6.07) is 0.0491. The average Bonchev–Trinajstić information content (AvgIpc) is 2.45. The molecule has 3 nitrogen and oxygen atoms in total. The summed E-state index contributed by atoms with van der Waals surface area (Å²) in [5.41, 5.74) is 6.80. The summed E-state index contributed by atoms with van der Waals surface area (Å²) in [5.74, 6) is 1.13. The number of hydrogen-bond acceptors (Lipinski definition) is 4. The lowest BCUT2D eigenvalue weighted by molar-refractivity contribution is 0.663. The van der Waals surface area contributed by atoms with Crippen molar-refractivity contribution in [2.45, 2.75) is 39.0 Å². The van der Waals surface area contributed by atoms with Crippen LogP contribution in [0.1, 0.15) is 28.9 Å². The lowest BCUT2D eigenvalue weighted by Crippen LogP contribution is -2.26. The minimum absolute atomic E-state index is 0.0491. The molecular formula is C10H18N2OS2. The van der Waals surface area contributed by atoms with Crippen molar-refractivity contribution in [3.05, 3.63) is 15.6 Å². The van der Waals surface area contributed by atoms with Crippen LogP contribution >= 0.6 is 11.3 Å². The van der Waals surface area contributed by atoms with Crippen molar-refractivity contribution in [2.75, 3.05) is 5.75 Å². The molecule has 0 radical (unpaired) electrons. The predicted octanol–water partition coefficient (Wildman–Crippen LogP) is 1.75. The van der Waals surface area contributed by atoms with Gasteiger partial charge in [0.1, 0.15) is 5.01 Å². The summed E-state index contributed by atoms with van der Waals surface area (Å²) < 4.78 is 11.7. The van der Waals surface area contributed by atoms with Crippen LogP contribution in [-0.4, -0.2) is 21.0 Å². The molecule has 0 saturated carbocycles. The monoisotopic (exact) mass is 246 g/mol. The molecule has 0 bridgehead atoms. The maximum atomic E-state index is 11.7. The number of rotatable bonds is 5. The largest absolute Gasteiger partial charge is 0.327 e. The summed E-state index contributed by atoms with van der Waals surface area (Å²) in [4.78, 5) is 5.58. The molecule has 1 rings (SSSR count). The molecule has 2 N–H and O–H groups in total. The summed E-state index contributed by atoms with van der Waals surface area (Å²) in [5, 5.41) is 0.964. The van der Waals surface area contributed by atoms with Gasteiger partial charge >= 0.3 is 0 Å². The van der Waals surface area contributed by atoms with Gasteiger partial charge in [0.15, 0.2) is 0 Å². The minimum atomic E-state index is -0.873. The van der Waals surface area contributed by atoms with Crippen molar-refractivity contribution >= 4 is 22.1 Å². The Morgan fingerprint density at radius 3 is 2.67 bits per heavy atom. The molecule has 1 aromatic rings. The van der Waals surface area contributed by atoms with E-state index in [2.05, 4.69) is 4.98 Å². The number of thiazole rings is 1. The first kappa shape index (κ1) is 12.8. The van der Waals surface area contributed by atoms with E-state index >= 15 is 0 Å². The van der Waals surface area contributed by atoms with Crippen LogP contribution in [-0.2, 0) is 16.6 Å². The third kappa shape index (κ3) is 4.01. The van der Waals surface area contributed by atoms with Gasteiger partial charge in [0.05, 0.1) is 11.4 Å². The molecule has 0 amide bonds. The lowest BCUT2D eigenvalue weighted by atomic mass is 10.3. The van der Waals surface area contributed by atoms with Crippen molar-refractivity contribution in [2.24, 2.45) is 5.73 Å². The van der Waals surface area contributed by atoms with Crippen LogP contribution < -0.4 is 5.73 Å². The van der Waals surface area contributed by atoms with Gasteiger partial charge in [-0.1, -0.05) is 6.92 Å². The zero-order valence-corrected chi connectivity index (χ0v) is 11.1. The molecule has 0 aliphatic carbocycles. The number of nitrogens with two attached hydrogens (primary N) is 1. The Hall–Kier alpha value is -0.260. The number of hydrogen-bond donors (Lipinski definition) is 1. The molecule has 1 aromatic heterocycles. The van der Waals surface area contributed by atoms with Crippen LogP contribution in [0.5, 0.6) is 0 Å². The van der Waals surface area contributed by atoms with Gasteiger partial charge in [-0.15, -0.1) is 11.3 Å². The smallest absolute Gasteiger partial charge is 0.106 e. The van der Waals surface area contributed by atoms with Crippen molar-refractivity contribution in [1.29, 1.82) is 0 Å². The van der Waals surface area contributed by atoms with E-state index in [1.165, 1.54) is 4.88 Å². The summed E-state index contributed by atoms with van der Waals surface area (Å²) in [6.07, 6.45) is 0.877. The SMILES string of the molecule is CCC(N)CS(=O)Cc1nc(C)c(C)s1. The first-order valence-electron chi connectivity index (χ1n) is 5.06. The molecule has 1 heterocycles. The standard InChI is InChI=1S/C10H18N2OS2/c1-4-9(11)5-15(13)6-10-12-7(2)8(3)14-10/h9H,4-6,11H2,1-3H3. The summed E-state index contributed by atoms with van der Waals surface area (Å²) in [7, 11) is -0.873. The van der Waals surface area contributed by atoms with E-state index in [1.54, 1.807) is 11.3 Å². The van der Waals surface area contributed by atoms with Gasteiger partial charge < -0.3 is 5.73 Å². The van der Waals surface area contributed by atoms with E-state index in [0.717, 1.165) is 17.1 Å². The van der Waals surface area contributed by atoms with Crippen LogP contribution in [0.4, 0.5) is 0 Å². The lowest BCUT2D eigenvalue weighted by Gasteiger charge is -2.06. The minimum Gasteiger partial charge on any atom is -0.327 e. The van der Waals surface area contributed by atoms with Gasteiger partial charge in [0, 0.05) is 27.5 Å². The second-order valence-electron chi connectivity index (χ2n) is 3.67. The fourth-order valence-electron chi connectivity index (χ4n) is 1.15. The second-order valence-corrected chi connectivity index (χ2v) is 6.46. The van der Waals surface area contributed by atoms with Crippen LogP contribution in [0.15, 0.2) is 0 Å². The normalized spacial score (nSPS) is 15.2. The Bertz CT molecular complexity index is 330. The molecule has 0 aliphatic heterocycles. The highest BCUT2D eigenvalue weighted by molar-refractivity contribution is 7.84. The van der Waals surface area contributed by atoms with Gasteiger partial charge in [0.2, 0.25) is 0 Å². The van der Waals surface area contributed by atoms with Gasteiger partial charge in [-0.2, -0.15) is 0 Å². The number of nitrogens with zero attached hydrogens (tertiary/aromatic N) is 1. The Morgan fingerprint density at radius 1 is 1.53 bits per heavy atom. The van der Waals surface area contributed by atoms with Gasteiger partial charge in [-0.05, 0) is 20.3 Å². The maximum Gasteiger partial charge on any atom is 0.106 e. The van der Waals surface area contributed by atoms with Crippen LogP contribution in [0.25, 0.3) is 0 Å². The Morgan fingerprint density at radius 2 is 2.20 bits per heavy atom. The highest BCUT2D eigenvalue weighted by atomic mass is 32.2.